The summed E-state index contributed by atoms with van der Waals surface area (Å²) >= 11 is 0. The van der Waals surface area contributed by atoms with Crippen LogP contribution in [0.4, 0.5) is 17.1 Å². The van der Waals surface area contributed by atoms with Gasteiger partial charge in [-0.2, -0.15) is 4.98 Å². The molecule has 9 rings (SSSR count). The molecule has 1 spiro atoms. The first-order valence-corrected chi connectivity index (χ1v) is 25.4. The monoisotopic (exact) mass is 933 g/mol. The van der Waals surface area contributed by atoms with Crippen molar-refractivity contribution in [1.82, 2.24) is 19.6 Å². The number of anilines is 2. The van der Waals surface area contributed by atoms with E-state index >= 15 is 0 Å². The van der Waals surface area contributed by atoms with E-state index in [-0.39, 0.29) is 40.0 Å². The van der Waals surface area contributed by atoms with E-state index in [1.807, 2.05) is 26.0 Å². The topological polar surface area (TPSA) is 192 Å². The van der Waals surface area contributed by atoms with Crippen LogP contribution in [0.5, 0.6) is 17.4 Å². The lowest BCUT2D eigenvalue weighted by Crippen LogP contribution is -2.63. The molecule has 2 atom stereocenters. The van der Waals surface area contributed by atoms with Crippen LogP contribution >= 0.6 is 0 Å². The summed E-state index contributed by atoms with van der Waals surface area (Å²) in [4.78, 5) is 38.0. The molecule has 356 valence electrons. The lowest BCUT2D eigenvalue weighted by Gasteiger charge is -2.57. The highest BCUT2D eigenvalue weighted by molar-refractivity contribution is 7.90. The van der Waals surface area contributed by atoms with Gasteiger partial charge in [0, 0.05) is 68.2 Å². The van der Waals surface area contributed by atoms with E-state index in [1.54, 1.807) is 24.4 Å². The zero-order chi connectivity index (χ0) is 47.1. The summed E-state index contributed by atoms with van der Waals surface area (Å²) in [6, 6.07) is 21.8. The number of nitrogens with zero attached hydrogens (tertiary/aromatic N) is 4. The van der Waals surface area contributed by atoms with Gasteiger partial charge in [0.2, 0.25) is 0 Å². The number of nitrogens with one attached hydrogen (secondary N) is 3. The Bertz CT molecular complexity index is 2730. The van der Waals surface area contributed by atoms with Crippen LogP contribution in [0.25, 0.3) is 11.0 Å². The Kier molecular flexibility index (Phi) is 13.0. The number of H-pyrrole nitrogens is 1. The number of ether oxygens (including phenoxy) is 2. The molecule has 0 unspecified atom stereocenters. The van der Waals surface area contributed by atoms with Crippen molar-refractivity contribution < 1.29 is 32.7 Å². The van der Waals surface area contributed by atoms with Gasteiger partial charge in [0.25, 0.3) is 27.5 Å². The van der Waals surface area contributed by atoms with Crippen LogP contribution in [0.2, 0.25) is 0 Å². The van der Waals surface area contributed by atoms with Crippen molar-refractivity contribution >= 4 is 44.0 Å². The molecule has 4 heterocycles. The summed E-state index contributed by atoms with van der Waals surface area (Å²) in [5.74, 6) is 0.829. The van der Waals surface area contributed by atoms with E-state index in [9.17, 15) is 28.4 Å². The molecule has 0 bridgehead atoms. The number of aromatic amines is 1. The zero-order valence-corrected chi connectivity index (χ0v) is 39.7. The Labute approximate surface area is 392 Å². The molecule has 2 aliphatic carbocycles. The third-order valence-electron chi connectivity index (χ3n) is 14.9. The van der Waals surface area contributed by atoms with Crippen molar-refractivity contribution in [2.24, 2.45) is 11.3 Å². The van der Waals surface area contributed by atoms with Gasteiger partial charge in [-0.1, -0.05) is 44.5 Å². The molecular formula is C51H63N7O8S. The number of aliphatic hydroxyl groups is 1. The van der Waals surface area contributed by atoms with Crippen molar-refractivity contribution in [3.05, 3.63) is 106 Å². The van der Waals surface area contributed by atoms with Gasteiger partial charge in [0.05, 0.1) is 27.6 Å². The van der Waals surface area contributed by atoms with E-state index in [0.717, 1.165) is 69.0 Å². The maximum atomic E-state index is 14.2. The number of aromatic nitrogens is 2. The Morgan fingerprint density at radius 1 is 0.985 bits per heavy atom. The largest absolute Gasteiger partial charge is 0.475 e. The molecule has 5 aromatic rings. The molecule has 67 heavy (non-hydrogen) atoms. The van der Waals surface area contributed by atoms with E-state index in [1.165, 1.54) is 42.5 Å². The molecule has 2 aliphatic heterocycles. The zero-order valence-electron chi connectivity index (χ0n) is 38.9. The highest BCUT2D eigenvalue weighted by atomic mass is 32.2. The Morgan fingerprint density at radius 2 is 1.75 bits per heavy atom. The second kappa shape index (κ2) is 18.8. The number of carbonyl (C=O) groups excluding carboxylic acids is 1. The molecule has 3 aromatic carbocycles. The average Bonchev–Trinajstić information content (AvgIpc) is 3.98. The molecule has 4 N–H and O–H groups in total. The van der Waals surface area contributed by atoms with Crippen LogP contribution in [-0.4, -0.2) is 90.2 Å². The van der Waals surface area contributed by atoms with Gasteiger partial charge < -0.3 is 29.8 Å². The van der Waals surface area contributed by atoms with Crippen molar-refractivity contribution in [3.63, 3.8) is 0 Å². The number of carbonyl (C=O) groups is 1. The summed E-state index contributed by atoms with van der Waals surface area (Å²) in [5, 5.41) is 26.4. The van der Waals surface area contributed by atoms with Crippen molar-refractivity contribution in [2.45, 2.75) is 114 Å². The predicted molar refractivity (Wildman–Crippen MR) is 259 cm³/mol. The number of hydrogen-bond donors (Lipinski definition) is 4. The van der Waals surface area contributed by atoms with E-state index in [4.69, 9.17) is 9.47 Å². The van der Waals surface area contributed by atoms with Gasteiger partial charge >= 0.3 is 0 Å². The number of piperidine rings is 1. The highest BCUT2D eigenvalue weighted by Crippen LogP contribution is 2.49. The minimum absolute atomic E-state index is 0.0588. The predicted octanol–water partition coefficient (Wildman–Crippen LogP) is 9.50. The van der Waals surface area contributed by atoms with Crippen molar-refractivity contribution in [3.8, 4) is 17.4 Å². The number of rotatable bonds is 15. The summed E-state index contributed by atoms with van der Waals surface area (Å²) in [6.07, 6.45) is 10.3. The van der Waals surface area contributed by atoms with Gasteiger partial charge in [-0.15, -0.1) is 0 Å². The average molecular weight is 934 g/mol. The number of fused-ring (bicyclic) bond motifs is 1. The van der Waals surface area contributed by atoms with Gasteiger partial charge in [0.15, 0.2) is 5.75 Å². The number of pyridine rings is 1. The Balaban J connectivity index is 0.925. The first kappa shape index (κ1) is 46.4. The van der Waals surface area contributed by atoms with Crippen LogP contribution in [0.15, 0.2) is 83.9 Å². The summed E-state index contributed by atoms with van der Waals surface area (Å²) in [7, 11) is -4.60. The van der Waals surface area contributed by atoms with Gasteiger partial charge in [-0.3, -0.25) is 19.8 Å². The standard InChI is InChI=1S/C51H63N7O8S/c1-5-65-49-46(27-35-19-24-52-47(35)54-49)66-45-28-36(56-25-22-51(23-26-56)31-57(32-51)43-12-8-11-40(43)39-10-7-6-9-38(39)33(2)3)13-15-41(45)48(59)55-67(63,64)37-14-16-42(44(29-37)58(61)62)53-30-34-17-20-50(4,60)21-18-34/h6-7,9-10,13-16,19,24,27-29,33-34,40,43,53,60H,5,8,11-12,17-18,20-23,25-26,30-32H2,1-4H3,(H,52,54)(H,55,59)/t34-,40-,43-,50-/m0/s1. The van der Waals surface area contributed by atoms with Crippen molar-refractivity contribution in [1.29, 1.82) is 0 Å². The van der Waals surface area contributed by atoms with Crippen LogP contribution in [0, 0.1) is 21.4 Å². The third-order valence-corrected chi connectivity index (χ3v) is 16.2. The van der Waals surface area contributed by atoms with E-state index in [2.05, 4.69) is 67.9 Å². The SMILES string of the molecule is CCOc1nc2[nH]ccc2cc1Oc1cc(N2CCC3(CC2)CN([C@H]2CCC[C@H]2c2ccccc2C(C)C)C3)ccc1C(=O)NS(=O)(=O)c1ccc(NC[C@H]2CC[C@](C)(O)CC2)c([N+](=O)[O-])c1. The quantitative estimate of drug-likeness (QED) is 0.0575. The second-order valence-corrected chi connectivity index (χ2v) is 21.6. The molecule has 2 saturated heterocycles. The van der Waals surface area contributed by atoms with Crippen LogP contribution < -0.4 is 24.4 Å². The maximum absolute atomic E-state index is 14.2. The molecule has 4 aliphatic rings. The lowest BCUT2D eigenvalue weighted by atomic mass is 9.70. The molecule has 1 amide bonds. The maximum Gasteiger partial charge on any atom is 0.293 e. The number of amides is 1. The summed E-state index contributed by atoms with van der Waals surface area (Å²) in [5.41, 5.74) is 3.62. The summed E-state index contributed by atoms with van der Waals surface area (Å²) < 4.78 is 42.2. The Morgan fingerprint density at radius 3 is 2.48 bits per heavy atom. The second-order valence-electron chi connectivity index (χ2n) is 19.9. The number of sulfonamides is 1. The van der Waals surface area contributed by atoms with Crippen LogP contribution in [0.3, 0.4) is 0 Å². The fraction of sp³-hybridized carbons (Fsp3) is 0.490. The summed E-state index contributed by atoms with van der Waals surface area (Å²) in [6.45, 7) is 12.8. The van der Waals surface area contributed by atoms with Crippen LogP contribution in [-0.2, 0) is 10.0 Å². The fourth-order valence-electron chi connectivity index (χ4n) is 11.0. The number of nitro benzene ring substituents is 1. The fourth-order valence-corrected chi connectivity index (χ4v) is 12.0. The first-order chi connectivity index (χ1) is 32.1. The molecule has 4 fully saturated rings. The van der Waals surface area contributed by atoms with Gasteiger partial charge in [-0.25, -0.2) is 13.1 Å². The number of hydrogen-bond acceptors (Lipinski definition) is 12. The number of nitro groups is 1. The highest BCUT2D eigenvalue weighted by Gasteiger charge is 2.49. The van der Waals surface area contributed by atoms with Crippen LogP contribution in [0.1, 0.15) is 119 Å². The van der Waals surface area contributed by atoms with Gasteiger partial charge in [0.1, 0.15) is 17.1 Å². The van der Waals surface area contributed by atoms with Gasteiger partial charge in [-0.05, 0) is 136 Å². The first-order valence-electron chi connectivity index (χ1n) is 23.9. The minimum Gasteiger partial charge on any atom is -0.475 e. The third kappa shape index (κ3) is 9.84. The number of benzene rings is 3. The smallest absolute Gasteiger partial charge is 0.293 e. The lowest BCUT2D eigenvalue weighted by molar-refractivity contribution is -0.384. The molecular weight excluding hydrogens is 871 g/mol. The van der Waals surface area contributed by atoms with E-state index in [0.29, 0.717) is 49.5 Å². The molecule has 16 heteroatoms. The van der Waals surface area contributed by atoms with Crippen molar-refractivity contribution in [2.75, 3.05) is 49.5 Å². The normalized spacial score (nSPS) is 23.0. The molecule has 2 aromatic heterocycles. The number of likely N-dealkylation sites (tertiary alicyclic amines) is 1. The van der Waals surface area contributed by atoms with E-state index < -0.39 is 37.0 Å². The minimum atomic E-state index is -4.60. The molecule has 15 nitrogen and oxygen atoms in total. The Hall–Kier alpha value is -5.71. The molecule has 0 radical (unpaired) electrons. The molecule has 2 saturated carbocycles.